The monoisotopic (exact) mass is 313 g/mol. The number of sulfonamides is 1. The Bertz CT molecular complexity index is 593. The predicted octanol–water partition coefficient (Wildman–Crippen LogP) is 0.796. The molecule has 118 valence electrons. The first kappa shape index (κ1) is 16.1. The lowest BCUT2D eigenvalue weighted by molar-refractivity contribution is 0.385. The number of ether oxygens (including phenoxy) is 1. The summed E-state index contributed by atoms with van der Waals surface area (Å²) in [7, 11) is -1.48. The predicted molar refractivity (Wildman–Crippen MR) is 84.2 cm³/mol. The lowest BCUT2D eigenvalue weighted by Crippen LogP contribution is -2.48. The molecule has 7 heteroatoms. The van der Waals surface area contributed by atoms with Crippen LogP contribution in [0.25, 0.3) is 0 Å². The van der Waals surface area contributed by atoms with E-state index in [4.69, 9.17) is 10.5 Å². The molecule has 1 aliphatic heterocycles. The molecule has 1 fully saturated rings. The molecule has 0 aliphatic carbocycles. The van der Waals surface area contributed by atoms with Crippen molar-refractivity contribution in [2.45, 2.75) is 13.0 Å². The van der Waals surface area contributed by atoms with Gasteiger partial charge in [0.15, 0.2) is 0 Å². The molecule has 0 amide bonds. The maximum Gasteiger partial charge on any atom is 0.211 e. The molecule has 2 rings (SSSR count). The van der Waals surface area contributed by atoms with Crippen LogP contribution in [-0.4, -0.2) is 52.3 Å². The molecular formula is C14H23N3O3S. The summed E-state index contributed by atoms with van der Waals surface area (Å²) >= 11 is 0. The lowest BCUT2D eigenvalue weighted by Gasteiger charge is -2.36. The highest BCUT2D eigenvalue weighted by atomic mass is 32.2. The van der Waals surface area contributed by atoms with Crippen molar-refractivity contribution in [2.24, 2.45) is 5.73 Å². The highest BCUT2D eigenvalue weighted by molar-refractivity contribution is 7.88. The summed E-state index contributed by atoms with van der Waals surface area (Å²) in [5, 5.41) is 0. The molecule has 1 atom stereocenters. The Morgan fingerprint density at radius 3 is 2.33 bits per heavy atom. The molecule has 2 N–H and O–H groups in total. The van der Waals surface area contributed by atoms with Gasteiger partial charge in [-0.2, -0.15) is 4.31 Å². The molecule has 1 heterocycles. The molecule has 1 aliphatic rings. The normalized spacial score (nSPS) is 18.6. The molecule has 0 bridgehead atoms. The zero-order valence-corrected chi connectivity index (χ0v) is 13.6. The summed E-state index contributed by atoms with van der Waals surface area (Å²) in [4.78, 5) is 2.17. The van der Waals surface area contributed by atoms with Gasteiger partial charge in [-0.25, -0.2) is 8.42 Å². The average Bonchev–Trinajstić information content (AvgIpc) is 2.45. The molecule has 0 saturated carbocycles. The van der Waals surface area contributed by atoms with Crippen LogP contribution >= 0.6 is 0 Å². The summed E-state index contributed by atoms with van der Waals surface area (Å²) in [6.45, 7) is 4.22. The standard InChI is InChI=1S/C14H23N3O3S/c1-11(15)14-12(5-4-6-13(14)20-2)16-7-9-17(10-8-16)21(3,18)19/h4-6,11H,7-10,15H2,1-3H3/t11-/m0/s1. The molecule has 21 heavy (non-hydrogen) atoms. The van der Waals surface area contributed by atoms with Crippen LogP contribution in [0.15, 0.2) is 18.2 Å². The summed E-state index contributed by atoms with van der Waals surface area (Å²) in [5.41, 5.74) is 8.07. The van der Waals surface area contributed by atoms with E-state index in [0.29, 0.717) is 26.2 Å². The van der Waals surface area contributed by atoms with E-state index in [1.807, 2.05) is 25.1 Å². The number of nitrogens with zero attached hydrogens (tertiary/aromatic N) is 2. The van der Waals surface area contributed by atoms with E-state index in [1.165, 1.54) is 10.6 Å². The molecule has 0 unspecified atom stereocenters. The molecular weight excluding hydrogens is 290 g/mol. The SMILES string of the molecule is COc1cccc(N2CCN(S(C)(=O)=O)CC2)c1[C@H](C)N. The van der Waals surface area contributed by atoms with Crippen molar-refractivity contribution in [3.05, 3.63) is 23.8 Å². The Hall–Kier alpha value is -1.31. The maximum atomic E-state index is 11.6. The number of methoxy groups -OCH3 is 1. The number of rotatable bonds is 4. The lowest BCUT2D eigenvalue weighted by atomic mass is 10.0. The number of nitrogens with two attached hydrogens (primary N) is 1. The molecule has 0 aromatic heterocycles. The quantitative estimate of drug-likeness (QED) is 0.890. The maximum absolute atomic E-state index is 11.6. The van der Waals surface area contributed by atoms with E-state index in [1.54, 1.807) is 7.11 Å². The number of hydrogen-bond donors (Lipinski definition) is 1. The van der Waals surface area contributed by atoms with Crippen LogP contribution in [0.2, 0.25) is 0 Å². The van der Waals surface area contributed by atoms with Crippen molar-refractivity contribution in [1.29, 1.82) is 0 Å². The molecule has 1 aromatic rings. The number of piperazine rings is 1. The Labute approximate surface area is 126 Å². The van der Waals surface area contributed by atoms with Crippen molar-refractivity contribution in [2.75, 3.05) is 44.4 Å². The summed E-state index contributed by atoms with van der Waals surface area (Å²) in [5.74, 6) is 0.771. The van der Waals surface area contributed by atoms with Crippen LogP contribution in [0.1, 0.15) is 18.5 Å². The van der Waals surface area contributed by atoms with Gasteiger partial charge in [0.1, 0.15) is 5.75 Å². The van der Waals surface area contributed by atoms with Crippen molar-refractivity contribution < 1.29 is 13.2 Å². The third-order valence-electron chi connectivity index (χ3n) is 3.77. The van der Waals surface area contributed by atoms with Gasteiger partial charge in [0, 0.05) is 43.5 Å². The van der Waals surface area contributed by atoms with Crippen LogP contribution < -0.4 is 15.4 Å². The fourth-order valence-electron chi connectivity index (χ4n) is 2.70. The second kappa shape index (κ2) is 6.21. The van der Waals surface area contributed by atoms with Crippen LogP contribution in [0.4, 0.5) is 5.69 Å². The summed E-state index contributed by atoms with van der Waals surface area (Å²) < 4.78 is 30.1. The average molecular weight is 313 g/mol. The molecule has 1 saturated heterocycles. The Balaban J connectivity index is 2.25. The molecule has 6 nitrogen and oxygen atoms in total. The number of hydrogen-bond acceptors (Lipinski definition) is 5. The first-order valence-corrected chi connectivity index (χ1v) is 8.82. The Kier molecular flexibility index (Phi) is 4.75. The smallest absolute Gasteiger partial charge is 0.211 e. The van der Waals surface area contributed by atoms with Gasteiger partial charge in [0.25, 0.3) is 0 Å². The molecule has 1 aromatic carbocycles. The molecule has 0 spiro atoms. The van der Waals surface area contributed by atoms with Crippen molar-refractivity contribution in [1.82, 2.24) is 4.31 Å². The fourth-order valence-corrected chi connectivity index (χ4v) is 3.53. The van der Waals surface area contributed by atoms with Crippen LogP contribution in [-0.2, 0) is 10.0 Å². The van der Waals surface area contributed by atoms with Crippen molar-refractivity contribution >= 4 is 15.7 Å². The Morgan fingerprint density at radius 2 is 1.86 bits per heavy atom. The molecule has 0 radical (unpaired) electrons. The van der Waals surface area contributed by atoms with E-state index < -0.39 is 10.0 Å². The van der Waals surface area contributed by atoms with Crippen molar-refractivity contribution in [3.63, 3.8) is 0 Å². The second-order valence-electron chi connectivity index (χ2n) is 5.33. The van der Waals surface area contributed by atoms with Gasteiger partial charge in [-0.15, -0.1) is 0 Å². The largest absolute Gasteiger partial charge is 0.496 e. The third kappa shape index (κ3) is 3.48. The summed E-state index contributed by atoms with van der Waals surface area (Å²) in [6.07, 6.45) is 1.25. The van der Waals surface area contributed by atoms with E-state index in [9.17, 15) is 8.42 Å². The third-order valence-corrected chi connectivity index (χ3v) is 5.07. The van der Waals surface area contributed by atoms with Gasteiger partial charge in [-0.05, 0) is 19.1 Å². The topological polar surface area (TPSA) is 75.9 Å². The number of benzene rings is 1. The van der Waals surface area contributed by atoms with E-state index in [-0.39, 0.29) is 6.04 Å². The minimum Gasteiger partial charge on any atom is -0.496 e. The van der Waals surface area contributed by atoms with Gasteiger partial charge in [0.2, 0.25) is 10.0 Å². The zero-order valence-electron chi connectivity index (χ0n) is 12.7. The van der Waals surface area contributed by atoms with Crippen LogP contribution in [0, 0.1) is 0 Å². The first-order chi connectivity index (χ1) is 9.84. The van der Waals surface area contributed by atoms with Gasteiger partial charge < -0.3 is 15.4 Å². The van der Waals surface area contributed by atoms with Gasteiger partial charge in [-0.1, -0.05) is 6.07 Å². The minimum absolute atomic E-state index is 0.149. The Morgan fingerprint density at radius 1 is 1.24 bits per heavy atom. The second-order valence-corrected chi connectivity index (χ2v) is 7.31. The minimum atomic E-state index is -3.11. The highest BCUT2D eigenvalue weighted by Crippen LogP contribution is 2.34. The number of anilines is 1. The highest BCUT2D eigenvalue weighted by Gasteiger charge is 2.26. The van der Waals surface area contributed by atoms with E-state index in [2.05, 4.69) is 4.90 Å². The summed E-state index contributed by atoms with van der Waals surface area (Å²) in [6, 6.07) is 5.69. The van der Waals surface area contributed by atoms with Crippen LogP contribution in [0.3, 0.4) is 0 Å². The van der Waals surface area contributed by atoms with E-state index in [0.717, 1.165) is 17.0 Å². The van der Waals surface area contributed by atoms with Crippen molar-refractivity contribution in [3.8, 4) is 5.75 Å². The fraction of sp³-hybridized carbons (Fsp3) is 0.571. The van der Waals surface area contributed by atoms with Crippen LogP contribution in [0.5, 0.6) is 5.75 Å². The first-order valence-electron chi connectivity index (χ1n) is 6.97. The van der Waals surface area contributed by atoms with E-state index >= 15 is 0 Å². The zero-order chi connectivity index (χ0) is 15.6. The van der Waals surface area contributed by atoms with Gasteiger partial charge >= 0.3 is 0 Å². The van der Waals surface area contributed by atoms with Gasteiger partial charge in [0.05, 0.1) is 13.4 Å². The van der Waals surface area contributed by atoms with Gasteiger partial charge in [-0.3, -0.25) is 0 Å².